The summed E-state index contributed by atoms with van der Waals surface area (Å²) >= 11 is 1.36. The fourth-order valence-corrected chi connectivity index (χ4v) is 3.61. The largest absolute Gasteiger partial charge is 0.352 e. The van der Waals surface area contributed by atoms with Crippen LogP contribution in [0.1, 0.15) is 32.6 Å². The summed E-state index contributed by atoms with van der Waals surface area (Å²) in [5.74, 6) is 0.944. The van der Waals surface area contributed by atoms with Gasteiger partial charge < -0.3 is 5.32 Å². The molecule has 2 aromatic rings. The summed E-state index contributed by atoms with van der Waals surface area (Å²) in [6, 6.07) is 9.99. The van der Waals surface area contributed by atoms with E-state index >= 15 is 0 Å². The Morgan fingerprint density at radius 3 is 2.87 bits per heavy atom. The Balaban J connectivity index is 1.57. The van der Waals surface area contributed by atoms with E-state index in [1.165, 1.54) is 31.0 Å². The molecule has 1 aromatic heterocycles. The minimum atomic E-state index is 0.0522. The van der Waals surface area contributed by atoms with Gasteiger partial charge in [0.15, 0.2) is 0 Å². The van der Waals surface area contributed by atoms with Gasteiger partial charge in [0.1, 0.15) is 0 Å². The topological polar surface area (TPSA) is 72.7 Å². The van der Waals surface area contributed by atoms with Crippen molar-refractivity contribution in [2.45, 2.75) is 43.8 Å². The molecule has 0 radical (unpaired) electrons. The maximum Gasteiger partial charge on any atom is 0.230 e. The van der Waals surface area contributed by atoms with Gasteiger partial charge in [-0.25, -0.2) is 0 Å². The molecule has 6 nitrogen and oxygen atoms in total. The number of aromatic nitrogens is 4. The molecule has 1 aliphatic carbocycles. The molecule has 0 unspecified atom stereocenters. The first kappa shape index (κ1) is 16.0. The number of carbonyl (C=O) groups is 1. The summed E-state index contributed by atoms with van der Waals surface area (Å²) in [4.78, 5) is 12.2. The summed E-state index contributed by atoms with van der Waals surface area (Å²) in [6.07, 6.45) is 4.76. The molecule has 7 heteroatoms. The molecule has 2 atom stereocenters. The molecule has 122 valence electrons. The van der Waals surface area contributed by atoms with Gasteiger partial charge in [-0.1, -0.05) is 49.7 Å². The maximum atomic E-state index is 12.2. The van der Waals surface area contributed by atoms with Gasteiger partial charge in [0.2, 0.25) is 11.1 Å². The predicted molar refractivity (Wildman–Crippen MR) is 89.4 cm³/mol. The molecule has 1 aliphatic rings. The highest BCUT2D eigenvalue weighted by Gasteiger charge is 2.23. The quantitative estimate of drug-likeness (QED) is 0.852. The van der Waals surface area contributed by atoms with Crippen molar-refractivity contribution in [3.8, 4) is 5.69 Å². The van der Waals surface area contributed by atoms with Crippen molar-refractivity contribution in [1.82, 2.24) is 25.5 Å². The number of hydrogen-bond acceptors (Lipinski definition) is 5. The zero-order valence-electron chi connectivity index (χ0n) is 13.2. The van der Waals surface area contributed by atoms with Crippen LogP contribution in [-0.4, -0.2) is 37.9 Å². The summed E-state index contributed by atoms with van der Waals surface area (Å²) in [7, 11) is 0. The number of thioether (sulfide) groups is 1. The van der Waals surface area contributed by atoms with E-state index in [0.717, 1.165) is 12.1 Å². The van der Waals surface area contributed by atoms with E-state index in [1.54, 1.807) is 4.68 Å². The molecule has 0 saturated heterocycles. The molecule has 1 N–H and O–H groups in total. The van der Waals surface area contributed by atoms with Crippen LogP contribution in [-0.2, 0) is 4.79 Å². The van der Waals surface area contributed by atoms with Crippen molar-refractivity contribution in [3.63, 3.8) is 0 Å². The Kier molecular flexibility index (Phi) is 5.27. The first-order valence-corrected chi connectivity index (χ1v) is 8.98. The molecule has 1 aromatic carbocycles. The zero-order valence-corrected chi connectivity index (χ0v) is 14.0. The Morgan fingerprint density at radius 1 is 1.30 bits per heavy atom. The van der Waals surface area contributed by atoms with Crippen molar-refractivity contribution in [3.05, 3.63) is 30.3 Å². The Bertz CT molecular complexity index is 645. The number of benzene rings is 1. The van der Waals surface area contributed by atoms with Gasteiger partial charge in [-0.2, -0.15) is 4.68 Å². The fourth-order valence-electron chi connectivity index (χ4n) is 2.91. The lowest BCUT2D eigenvalue weighted by Gasteiger charge is -2.29. The van der Waals surface area contributed by atoms with E-state index in [-0.39, 0.29) is 5.91 Å². The molecule has 1 fully saturated rings. The lowest BCUT2D eigenvalue weighted by Crippen LogP contribution is -2.41. The fraction of sp³-hybridized carbons (Fsp3) is 0.500. The van der Waals surface area contributed by atoms with Gasteiger partial charge in [-0.15, -0.1) is 5.10 Å². The lowest BCUT2D eigenvalue weighted by atomic mass is 9.86. The third-order valence-electron chi connectivity index (χ3n) is 4.23. The van der Waals surface area contributed by atoms with Crippen LogP contribution in [0.3, 0.4) is 0 Å². The molecule has 0 aliphatic heterocycles. The summed E-state index contributed by atoms with van der Waals surface area (Å²) in [5, 5.41) is 15.5. The zero-order chi connectivity index (χ0) is 16.1. The molecule has 0 spiro atoms. The van der Waals surface area contributed by atoms with Crippen LogP contribution in [0.15, 0.2) is 35.5 Å². The van der Waals surface area contributed by atoms with Crippen molar-refractivity contribution >= 4 is 17.7 Å². The second kappa shape index (κ2) is 7.59. The SMILES string of the molecule is C[C@H]1CCCC[C@H]1NC(=O)CSc1nnnn1-c1ccccc1. The highest BCUT2D eigenvalue weighted by atomic mass is 32.2. The van der Waals surface area contributed by atoms with Crippen LogP contribution in [0.25, 0.3) is 5.69 Å². The van der Waals surface area contributed by atoms with Gasteiger partial charge in [0, 0.05) is 6.04 Å². The molecule has 1 heterocycles. The van der Waals surface area contributed by atoms with Crippen LogP contribution < -0.4 is 5.32 Å². The number of hydrogen-bond donors (Lipinski definition) is 1. The number of nitrogens with one attached hydrogen (secondary N) is 1. The molecule has 23 heavy (non-hydrogen) atoms. The number of nitrogens with zero attached hydrogens (tertiary/aromatic N) is 4. The van der Waals surface area contributed by atoms with E-state index in [4.69, 9.17) is 0 Å². The van der Waals surface area contributed by atoms with Crippen LogP contribution in [0, 0.1) is 5.92 Å². The Labute approximate surface area is 140 Å². The second-order valence-electron chi connectivity index (χ2n) is 5.93. The average Bonchev–Trinajstić information content (AvgIpc) is 3.04. The van der Waals surface area contributed by atoms with E-state index in [0.29, 0.717) is 22.9 Å². The van der Waals surface area contributed by atoms with Gasteiger partial charge in [-0.05, 0) is 41.3 Å². The minimum absolute atomic E-state index is 0.0522. The lowest BCUT2D eigenvalue weighted by molar-refractivity contribution is -0.119. The van der Waals surface area contributed by atoms with Crippen molar-refractivity contribution in [1.29, 1.82) is 0 Å². The average molecular weight is 331 g/mol. The number of carbonyl (C=O) groups excluding carboxylic acids is 1. The predicted octanol–water partition coefficient (Wildman–Crippen LogP) is 2.45. The van der Waals surface area contributed by atoms with Crippen LogP contribution >= 0.6 is 11.8 Å². The van der Waals surface area contributed by atoms with Gasteiger partial charge >= 0.3 is 0 Å². The first-order valence-electron chi connectivity index (χ1n) is 8.00. The normalized spacial score (nSPS) is 21.1. The highest BCUT2D eigenvalue weighted by molar-refractivity contribution is 7.99. The molecule has 1 amide bonds. The van der Waals surface area contributed by atoms with E-state index in [9.17, 15) is 4.79 Å². The summed E-state index contributed by atoms with van der Waals surface area (Å²) in [6.45, 7) is 2.22. The third kappa shape index (κ3) is 4.10. The molecule has 3 rings (SSSR count). The third-order valence-corrected chi connectivity index (χ3v) is 5.15. The van der Waals surface area contributed by atoms with Gasteiger partial charge in [-0.3, -0.25) is 4.79 Å². The second-order valence-corrected chi connectivity index (χ2v) is 6.88. The highest BCUT2D eigenvalue weighted by Crippen LogP contribution is 2.24. The van der Waals surface area contributed by atoms with Crippen LogP contribution in [0.2, 0.25) is 0 Å². The Hall–Kier alpha value is -1.89. The van der Waals surface area contributed by atoms with E-state index in [1.807, 2.05) is 30.3 Å². The number of para-hydroxylation sites is 1. The Morgan fingerprint density at radius 2 is 2.09 bits per heavy atom. The molecule has 0 bridgehead atoms. The van der Waals surface area contributed by atoms with E-state index < -0.39 is 0 Å². The molecular formula is C16H21N5OS. The standard InChI is InChI=1S/C16H21N5OS/c1-12-7-5-6-10-14(12)17-15(22)11-23-16-18-19-20-21(16)13-8-3-2-4-9-13/h2-4,8-9,12,14H,5-7,10-11H2,1H3,(H,17,22)/t12-,14+/m0/s1. The number of amides is 1. The van der Waals surface area contributed by atoms with Gasteiger partial charge in [0.25, 0.3) is 0 Å². The number of rotatable bonds is 5. The van der Waals surface area contributed by atoms with Gasteiger partial charge in [0.05, 0.1) is 11.4 Å². The van der Waals surface area contributed by atoms with Crippen molar-refractivity contribution < 1.29 is 4.79 Å². The number of tetrazole rings is 1. The minimum Gasteiger partial charge on any atom is -0.352 e. The smallest absolute Gasteiger partial charge is 0.230 e. The summed E-state index contributed by atoms with van der Waals surface area (Å²) < 4.78 is 1.65. The van der Waals surface area contributed by atoms with Crippen molar-refractivity contribution in [2.24, 2.45) is 5.92 Å². The maximum absolute atomic E-state index is 12.2. The van der Waals surface area contributed by atoms with E-state index in [2.05, 4.69) is 27.8 Å². The monoisotopic (exact) mass is 331 g/mol. The summed E-state index contributed by atoms with van der Waals surface area (Å²) in [5.41, 5.74) is 0.890. The molecular weight excluding hydrogens is 310 g/mol. The van der Waals surface area contributed by atoms with Crippen LogP contribution in [0.4, 0.5) is 0 Å². The van der Waals surface area contributed by atoms with Crippen LogP contribution in [0.5, 0.6) is 0 Å². The molecule has 1 saturated carbocycles. The first-order chi connectivity index (χ1) is 11.2. The van der Waals surface area contributed by atoms with Crippen molar-refractivity contribution in [2.75, 3.05) is 5.75 Å².